The van der Waals surface area contributed by atoms with Crippen molar-refractivity contribution in [3.05, 3.63) is 53.7 Å². The molecule has 0 N–H and O–H groups in total. The van der Waals surface area contributed by atoms with E-state index in [9.17, 15) is 0 Å². The molecule has 0 heterocycles. The predicted molar refractivity (Wildman–Crippen MR) is 59.2 cm³/mol. The van der Waals surface area contributed by atoms with Crippen LogP contribution < -0.4 is 0 Å². The Labute approximate surface area is 77.0 Å². The number of hydrogen-bond acceptors (Lipinski definition) is 0. The molecule has 0 aliphatic rings. The second kappa shape index (κ2) is 4.73. The van der Waals surface area contributed by atoms with Gasteiger partial charge in [-0.15, -0.1) is 6.58 Å². The van der Waals surface area contributed by atoms with Crippen molar-refractivity contribution in [2.24, 2.45) is 0 Å². The standard InChI is InChI=1S/C11H14Si/c1-2-6-11(12)9-10-7-4-3-5-8-10/h2-5,7-9H,1,6H2,12H3. The molecule has 0 unspecified atom stereocenters. The summed E-state index contributed by atoms with van der Waals surface area (Å²) in [6.45, 7) is 3.72. The second-order valence-corrected chi connectivity index (χ2v) is 4.18. The summed E-state index contributed by atoms with van der Waals surface area (Å²) in [6.07, 6.45) is 5.23. The Morgan fingerprint density at radius 2 is 2.00 bits per heavy atom. The highest BCUT2D eigenvalue weighted by molar-refractivity contribution is 6.24. The summed E-state index contributed by atoms with van der Waals surface area (Å²) in [5, 5.41) is 1.48. The van der Waals surface area contributed by atoms with Gasteiger partial charge in [0.1, 0.15) is 0 Å². The molecule has 0 saturated heterocycles. The highest BCUT2D eigenvalue weighted by Crippen LogP contribution is 2.06. The summed E-state index contributed by atoms with van der Waals surface area (Å²) in [7, 11) is 1.12. The van der Waals surface area contributed by atoms with E-state index in [1.807, 2.05) is 12.1 Å². The molecule has 0 nitrogen and oxygen atoms in total. The lowest BCUT2D eigenvalue weighted by Gasteiger charge is -1.96. The van der Waals surface area contributed by atoms with Crippen LogP contribution in [-0.2, 0) is 0 Å². The van der Waals surface area contributed by atoms with Crippen LogP contribution in [0.4, 0.5) is 0 Å². The Morgan fingerprint density at radius 3 is 2.58 bits per heavy atom. The molecule has 12 heavy (non-hydrogen) atoms. The first-order valence-electron chi connectivity index (χ1n) is 4.16. The topological polar surface area (TPSA) is 0 Å². The van der Waals surface area contributed by atoms with E-state index in [1.165, 1.54) is 10.8 Å². The molecule has 0 atom stereocenters. The molecule has 1 rings (SSSR count). The molecule has 0 aliphatic heterocycles. The van der Waals surface area contributed by atoms with Gasteiger partial charge in [-0.1, -0.05) is 47.7 Å². The van der Waals surface area contributed by atoms with Gasteiger partial charge in [-0.05, 0) is 12.0 Å². The van der Waals surface area contributed by atoms with E-state index in [0.29, 0.717) is 0 Å². The highest BCUT2D eigenvalue weighted by atomic mass is 28.1. The highest BCUT2D eigenvalue weighted by Gasteiger charge is 1.86. The summed E-state index contributed by atoms with van der Waals surface area (Å²) in [4.78, 5) is 0. The molecule has 0 saturated carbocycles. The summed E-state index contributed by atoms with van der Waals surface area (Å²) in [6, 6.07) is 10.4. The van der Waals surface area contributed by atoms with Crippen LogP contribution in [0.2, 0.25) is 0 Å². The fraction of sp³-hybridized carbons (Fsp3) is 0.0909. The Morgan fingerprint density at radius 1 is 1.33 bits per heavy atom. The van der Waals surface area contributed by atoms with Gasteiger partial charge in [0, 0.05) is 10.2 Å². The number of benzene rings is 1. The van der Waals surface area contributed by atoms with Crippen LogP contribution in [0.3, 0.4) is 0 Å². The lowest BCUT2D eigenvalue weighted by Crippen LogP contribution is -1.79. The maximum absolute atomic E-state index is 3.72. The fourth-order valence-electron chi connectivity index (χ4n) is 1.12. The molecule has 1 aromatic carbocycles. The van der Waals surface area contributed by atoms with Gasteiger partial charge >= 0.3 is 0 Å². The van der Waals surface area contributed by atoms with Crippen LogP contribution in [-0.4, -0.2) is 10.2 Å². The minimum absolute atomic E-state index is 1.03. The first-order valence-corrected chi connectivity index (χ1v) is 5.16. The smallest absolute Gasteiger partial charge is 0.0337 e. The zero-order valence-electron chi connectivity index (χ0n) is 7.46. The van der Waals surface area contributed by atoms with Crippen molar-refractivity contribution in [2.45, 2.75) is 6.42 Å². The molecule has 0 radical (unpaired) electrons. The lowest BCUT2D eigenvalue weighted by molar-refractivity contribution is 1.38. The summed E-state index contributed by atoms with van der Waals surface area (Å²) < 4.78 is 0. The van der Waals surface area contributed by atoms with Gasteiger partial charge in [-0.3, -0.25) is 0 Å². The van der Waals surface area contributed by atoms with Crippen LogP contribution in [0, 0.1) is 0 Å². The Hall–Kier alpha value is -1.08. The van der Waals surface area contributed by atoms with E-state index >= 15 is 0 Å². The Balaban J connectivity index is 2.74. The van der Waals surface area contributed by atoms with E-state index in [0.717, 1.165) is 16.7 Å². The molecule has 1 heteroatoms. The monoisotopic (exact) mass is 174 g/mol. The van der Waals surface area contributed by atoms with Crippen molar-refractivity contribution < 1.29 is 0 Å². The predicted octanol–water partition coefficient (Wildman–Crippen LogP) is 1.97. The fourth-order valence-corrected chi connectivity index (χ4v) is 1.74. The van der Waals surface area contributed by atoms with Crippen LogP contribution >= 0.6 is 0 Å². The normalized spacial score (nSPS) is 11.5. The van der Waals surface area contributed by atoms with Crippen molar-refractivity contribution in [3.8, 4) is 0 Å². The maximum atomic E-state index is 3.72. The summed E-state index contributed by atoms with van der Waals surface area (Å²) in [5.74, 6) is 0. The first-order chi connectivity index (χ1) is 5.83. The van der Waals surface area contributed by atoms with Gasteiger partial charge in [0.25, 0.3) is 0 Å². The summed E-state index contributed by atoms with van der Waals surface area (Å²) in [5.41, 5.74) is 1.30. The molecule has 0 spiro atoms. The van der Waals surface area contributed by atoms with E-state index in [-0.39, 0.29) is 0 Å². The third-order valence-corrected chi connectivity index (χ3v) is 2.38. The lowest BCUT2D eigenvalue weighted by atomic mass is 10.2. The van der Waals surface area contributed by atoms with Gasteiger partial charge < -0.3 is 0 Å². The second-order valence-electron chi connectivity index (χ2n) is 2.89. The van der Waals surface area contributed by atoms with Crippen molar-refractivity contribution in [1.82, 2.24) is 0 Å². The van der Waals surface area contributed by atoms with Crippen molar-refractivity contribution in [2.75, 3.05) is 0 Å². The van der Waals surface area contributed by atoms with E-state index in [2.05, 4.69) is 36.9 Å². The first kappa shape index (κ1) is 9.01. The van der Waals surface area contributed by atoms with Crippen LogP contribution in [0.25, 0.3) is 6.08 Å². The minimum Gasteiger partial charge on any atom is -0.103 e. The SMILES string of the molecule is C=CCC([SiH3])=Cc1ccccc1. The number of allylic oxidation sites excluding steroid dienone is 2. The zero-order chi connectivity index (χ0) is 8.81. The quantitative estimate of drug-likeness (QED) is 0.485. The van der Waals surface area contributed by atoms with Crippen molar-refractivity contribution in [1.29, 1.82) is 0 Å². The molecule has 0 fully saturated rings. The van der Waals surface area contributed by atoms with E-state index < -0.39 is 0 Å². The number of rotatable bonds is 3. The number of hydrogen-bond donors (Lipinski definition) is 0. The maximum Gasteiger partial charge on any atom is 0.0337 e. The largest absolute Gasteiger partial charge is 0.103 e. The molecular weight excluding hydrogens is 160 g/mol. The molecule has 0 bridgehead atoms. The van der Waals surface area contributed by atoms with Crippen LogP contribution in [0.15, 0.2) is 48.2 Å². The molecular formula is C11H14Si. The molecule has 0 aliphatic carbocycles. The summed E-state index contributed by atoms with van der Waals surface area (Å²) >= 11 is 0. The van der Waals surface area contributed by atoms with Crippen molar-refractivity contribution >= 4 is 16.3 Å². The Bertz CT molecular complexity index is 272. The van der Waals surface area contributed by atoms with Gasteiger partial charge in [-0.25, -0.2) is 0 Å². The molecule has 62 valence electrons. The van der Waals surface area contributed by atoms with E-state index in [1.54, 1.807) is 0 Å². The molecule has 1 aromatic rings. The molecule has 0 amide bonds. The minimum atomic E-state index is 1.03. The van der Waals surface area contributed by atoms with Gasteiger partial charge in [-0.2, -0.15) is 0 Å². The van der Waals surface area contributed by atoms with Gasteiger partial charge in [0.15, 0.2) is 0 Å². The Kier molecular flexibility index (Phi) is 3.55. The third kappa shape index (κ3) is 2.89. The average molecular weight is 174 g/mol. The van der Waals surface area contributed by atoms with Crippen LogP contribution in [0.1, 0.15) is 12.0 Å². The van der Waals surface area contributed by atoms with Crippen molar-refractivity contribution in [3.63, 3.8) is 0 Å². The third-order valence-electron chi connectivity index (χ3n) is 1.68. The van der Waals surface area contributed by atoms with Crippen LogP contribution in [0.5, 0.6) is 0 Å². The molecule has 0 aromatic heterocycles. The van der Waals surface area contributed by atoms with Gasteiger partial charge in [0.2, 0.25) is 0 Å². The average Bonchev–Trinajstić information content (AvgIpc) is 2.06. The van der Waals surface area contributed by atoms with Gasteiger partial charge in [0.05, 0.1) is 0 Å². The van der Waals surface area contributed by atoms with E-state index in [4.69, 9.17) is 0 Å². The zero-order valence-corrected chi connectivity index (χ0v) is 9.46.